The Morgan fingerprint density at radius 2 is 1.49 bits per heavy atom. The second-order valence-electron chi connectivity index (χ2n) is 9.16. The number of carboxylic acids is 1. The maximum atomic E-state index is 13.1. The van der Waals surface area contributed by atoms with Gasteiger partial charge in [0.15, 0.2) is 5.96 Å². The summed E-state index contributed by atoms with van der Waals surface area (Å²) in [6, 6.07) is -3.80. The zero-order valence-corrected chi connectivity index (χ0v) is 22.2. The predicted molar refractivity (Wildman–Crippen MR) is 139 cm³/mol. The highest BCUT2D eigenvalue weighted by atomic mass is 32.2. The number of aliphatic carboxylic acids is 1. The molecular formula is C22H43N7O5S. The molecule has 12 nitrogen and oxygen atoms in total. The van der Waals surface area contributed by atoms with Crippen molar-refractivity contribution in [3.05, 3.63) is 0 Å². The van der Waals surface area contributed by atoms with Gasteiger partial charge in [0.05, 0.1) is 6.04 Å². The van der Waals surface area contributed by atoms with E-state index in [1.807, 2.05) is 20.1 Å². The molecule has 4 unspecified atom stereocenters. The van der Waals surface area contributed by atoms with Gasteiger partial charge in [0.2, 0.25) is 17.7 Å². The first-order chi connectivity index (χ1) is 16.3. The molecule has 0 aromatic rings. The molecule has 4 atom stereocenters. The lowest BCUT2D eigenvalue weighted by atomic mass is 10.0. The van der Waals surface area contributed by atoms with Crippen molar-refractivity contribution in [2.75, 3.05) is 18.6 Å². The molecule has 10 N–H and O–H groups in total. The average molecular weight is 518 g/mol. The van der Waals surface area contributed by atoms with Crippen molar-refractivity contribution in [3.8, 4) is 0 Å². The van der Waals surface area contributed by atoms with Crippen molar-refractivity contribution >= 4 is 41.4 Å². The van der Waals surface area contributed by atoms with Gasteiger partial charge in [0.1, 0.15) is 18.1 Å². The van der Waals surface area contributed by atoms with Crippen LogP contribution in [0.3, 0.4) is 0 Å². The predicted octanol–water partition coefficient (Wildman–Crippen LogP) is -0.638. The van der Waals surface area contributed by atoms with Crippen molar-refractivity contribution in [1.82, 2.24) is 16.0 Å². The average Bonchev–Trinajstić information content (AvgIpc) is 2.75. The third-order valence-corrected chi connectivity index (χ3v) is 5.76. The Balaban J connectivity index is 5.35. The molecule has 0 aromatic heterocycles. The van der Waals surface area contributed by atoms with Gasteiger partial charge in [0, 0.05) is 6.54 Å². The number of nitrogens with zero attached hydrogens (tertiary/aromatic N) is 1. The number of hydrogen-bond acceptors (Lipinski definition) is 7. The molecule has 13 heteroatoms. The highest BCUT2D eigenvalue weighted by Crippen LogP contribution is 2.09. The summed E-state index contributed by atoms with van der Waals surface area (Å²) >= 11 is 1.49. The molecule has 0 spiro atoms. The molecule has 0 bridgehead atoms. The highest BCUT2D eigenvalue weighted by Gasteiger charge is 2.31. The van der Waals surface area contributed by atoms with Gasteiger partial charge >= 0.3 is 5.97 Å². The number of carbonyl (C=O) groups is 4. The lowest BCUT2D eigenvalue weighted by Gasteiger charge is -2.26. The first-order valence-corrected chi connectivity index (χ1v) is 13.1. The van der Waals surface area contributed by atoms with E-state index in [0.29, 0.717) is 38.0 Å². The number of guanidine groups is 1. The van der Waals surface area contributed by atoms with E-state index in [-0.39, 0.29) is 17.8 Å². The zero-order chi connectivity index (χ0) is 27.1. The van der Waals surface area contributed by atoms with Crippen molar-refractivity contribution in [2.45, 2.75) is 77.5 Å². The van der Waals surface area contributed by atoms with Crippen LogP contribution in [0.15, 0.2) is 4.99 Å². The van der Waals surface area contributed by atoms with E-state index in [1.165, 1.54) is 11.8 Å². The number of nitrogens with two attached hydrogens (primary N) is 3. The number of rotatable bonds is 17. The van der Waals surface area contributed by atoms with Crippen LogP contribution in [0.25, 0.3) is 0 Å². The molecule has 0 aliphatic rings. The summed E-state index contributed by atoms with van der Waals surface area (Å²) < 4.78 is 0. The minimum absolute atomic E-state index is 0.0418. The fourth-order valence-corrected chi connectivity index (χ4v) is 3.65. The molecule has 0 aromatic carbocycles. The number of carboxylic acid groups (broad SMARTS) is 1. The molecular weight excluding hydrogens is 474 g/mol. The molecule has 202 valence electrons. The maximum absolute atomic E-state index is 13.1. The third-order valence-electron chi connectivity index (χ3n) is 5.12. The highest BCUT2D eigenvalue weighted by molar-refractivity contribution is 7.98. The van der Waals surface area contributed by atoms with Crippen LogP contribution in [0.1, 0.15) is 53.4 Å². The van der Waals surface area contributed by atoms with E-state index in [1.54, 1.807) is 13.8 Å². The monoisotopic (exact) mass is 517 g/mol. The summed E-state index contributed by atoms with van der Waals surface area (Å²) in [4.78, 5) is 53.9. The quantitative estimate of drug-likeness (QED) is 0.0740. The van der Waals surface area contributed by atoms with Crippen molar-refractivity contribution in [3.63, 3.8) is 0 Å². The van der Waals surface area contributed by atoms with Gasteiger partial charge in [-0.1, -0.05) is 27.7 Å². The van der Waals surface area contributed by atoms with E-state index in [4.69, 9.17) is 17.2 Å². The topological polar surface area (TPSA) is 215 Å². The number of carbonyl (C=O) groups excluding carboxylic acids is 3. The summed E-state index contributed by atoms with van der Waals surface area (Å²) in [6.45, 7) is 7.50. The van der Waals surface area contributed by atoms with E-state index in [0.717, 1.165) is 0 Å². The molecule has 0 radical (unpaired) electrons. The third kappa shape index (κ3) is 13.8. The van der Waals surface area contributed by atoms with Crippen LogP contribution < -0.4 is 33.2 Å². The Morgan fingerprint density at radius 1 is 0.914 bits per heavy atom. The Morgan fingerprint density at radius 3 is 1.97 bits per heavy atom. The SMILES string of the molecule is CSCCC(NC(=O)C(CC(C)C)NC(=O)C(N)CCCN=C(N)N)C(=O)NC(C(=O)O)C(C)C. The summed E-state index contributed by atoms with van der Waals surface area (Å²) in [5.41, 5.74) is 16.5. The minimum Gasteiger partial charge on any atom is -0.480 e. The van der Waals surface area contributed by atoms with Gasteiger partial charge in [0.25, 0.3) is 0 Å². The molecule has 3 amide bonds. The van der Waals surface area contributed by atoms with Crippen LogP contribution in [0.2, 0.25) is 0 Å². The number of aliphatic imine (C=N–C) groups is 1. The Kier molecular flexibility index (Phi) is 15.7. The lowest BCUT2D eigenvalue weighted by Crippen LogP contribution is -2.58. The fourth-order valence-electron chi connectivity index (χ4n) is 3.18. The van der Waals surface area contributed by atoms with Crippen LogP contribution in [0.5, 0.6) is 0 Å². The van der Waals surface area contributed by atoms with E-state index >= 15 is 0 Å². The maximum Gasteiger partial charge on any atom is 0.326 e. The standard InChI is InChI=1S/C22H43N7O5S/c1-12(2)11-16(28-18(30)14(23)7-6-9-26-22(24)25)20(32)27-15(8-10-35-5)19(31)29-17(13(3)4)21(33)34/h12-17H,6-11,23H2,1-5H3,(H,27,32)(H,28,30)(H,29,31)(H,33,34)(H4,24,25,26). The second-order valence-corrected chi connectivity index (χ2v) is 10.1. The first-order valence-electron chi connectivity index (χ1n) is 11.7. The molecule has 0 aliphatic carbocycles. The summed E-state index contributed by atoms with van der Waals surface area (Å²) in [5.74, 6) is -2.50. The lowest BCUT2D eigenvalue weighted by molar-refractivity contribution is -0.143. The Bertz CT molecular complexity index is 729. The van der Waals surface area contributed by atoms with E-state index in [9.17, 15) is 24.3 Å². The van der Waals surface area contributed by atoms with Gasteiger partial charge in [-0.15, -0.1) is 0 Å². The van der Waals surface area contributed by atoms with Crippen molar-refractivity contribution in [2.24, 2.45) is 34.0 Å². The number of hydrogen-bond donors (Lipinski definition) is 7. The number of thioether (sulfide) groups is 1. The van der Waals surface area contributed by atoms with Crippen LogP contribution in [0, 0.1) is 11.8 Å². The van der Waals surface area contributed by atoms with Crippen molar-refractivity contribution in [1.29, 1.82) is 0 Å². The van der Waals surface area contributed by atoms with Gasteiger partial charge < -0.3 is 38.3 Å². The fraction of sp³-hybridized carbons (Fsp3) is 0.773. The largest absolute Gasteiger partial charge is 0.480 e. The van der Waals surface area contributed by atoms with Crippen LogP contribution >= 0.6 is 11.8 Å². The van der Waals surface area contributed by atoms with Crippen molar-refractivity contribution < 1.29 is 24.3 Å². The van der Waals surface area contributed by atoms with E-state index in [2.05, 4.69) is 20.9 Å². The molecule has 0 saturated carbocycles. The van der Waals surface area contributed by atoms with Crippen LogP contribution in [0.4, 0.5) is 0 Å². The number of amides is 3. The first kappa shape index (κ1) is 32.5. The summed E-state index contributed by atoms with van der Waals surface area (Å²) in [5, 5.41) is 17.3. The molecule has 0 rings (SSSR count). The zero-order valence-electron chi connectivity index (χ0n) is 21.4. The van der Waals surface area contributed by atoms with Gasteiger partial charge in [-0.3, -0.25) is 19.4 Å². The van der Waals surface area contributed by atoms with Gasteiger partial charge in [-0.2, -0.15) is 11.8 Å². The Hall–Kier alpha value is -2.54. The molecule has 0 aliphatic heterocycles. The molecule has 35 heavy (non-hydrogen) atoms. The molecule has 0 fully saturated rings. The van der Waals surface area contributed by atoms with Crippen LogP contribution in [-0.4, -0.2) is 77.5 Å². The summed E-state index contributed by atoms with van der Waals surface area (Å²) in [6.07, 6.45) is 3.31. The minimum atomic E-state index is -1.15. The van der Waals surface area contributed by atoms with Crippen LogP contribution in [-0.2, 0) is 19.2 Å². The summed E-state index contributed by atoms with van der Waals surface area (Å²) in [7, 11) is 0. The smallest absolute Gasteiger partial charge is 0.326 e. The van der Waals surface area contributed by atoms with Gasteiger partial charge in [-0.25, -0.2) is 4.79 Å². The normalized spacial score (nSPS) is 14.5. The number of nitrogens with one attached hydrogen (secondary N) is 3. The molecule has 0 saturated heterocycles. The Labute approximate surface area is 212 Å². The second kappa shape index (κ2) is 17.0. The van der Waals surface area contributed by atoms with E-state index < -0.39 is 47.9 Å². The van der Waals surface area contributed by atoms with Gasteiger partial charge in [-0.05, 0) is 49.5 Å². The molecule has 0 heterocycles.